The summed E-state index contributed by atoms with van der Waals surface area (Å²) >= 11 is 0. The van der Waals surface area contributed by atoms with Crippen LogP contribution in [0.1, 0.15) is 44.1 Å². The van der Waals surface area contributed by atoms with Crippen molar-refractivity contribution in [3.8, 4) is 0 Å². The Morgan fingerprint density at radius 1 is 1.17 bits per heavy atom. The van der Waals surface area contributed by atoms with Gasteiger partial charge in [0.25, 0.3) is 0 Å². The third-order valence-electron chi connectivity index (χ3n) is 6.34. The summed E-state index contributed by atoms with van der Waals surface area (Å²) in [7, 11) is 0. The van der Waals surface area contributed by atoms with Gasteiger partial charge in [-0.1, -0.05) is 36.8 Å². The van der Waals surface area contributed by atoms with E-state index in [1.807, 2.05) is 6.07 Å². The number of hydrogen-bond donors (Lipinski definition) is 0. The molecule has 0 spiro atoms. The molecule has 24 heavy (non-hydrogen) atoms. The summed E-state index contributed by atoms with van der Waals surface area (Å²) < 4.78 is 5.82. The number of esters is 1. The Morgan fingerprint density at radius 2 is 1.92 bits per heavy atom. The zero-order valence-electron chi connectivity index (χ0n) is 14.3. The zero-order chi connectivity index (χ0) is 15.7. The van der Waals surface area contributed by atoms with Gasteiger partial charge in [0.15, 0.2) is 0 Å². The molecule has 2 aliphatic carbocycles. The van der Waals surface area contributed by atoms with Crippen LogP contribution in [-0.2, 0) is 14.9 Å². The predicted octanol–water partition coefficient (Wildman–Crippen LogP) is 3.81. The van der Waals surface area contributed by atoms with Crippen LogP contribution in [0, 0.1) is 11.8 Å². The molecule has 2 bridgehead atoms. The second kappa shape index (κ2) is 7.45. The van der Waals surface area contributed by atoms with Gasteiger partial charge < -0.3 is 4.74 Å². The highest BCUT2D eigenvalue weighted by Crippen LogP contribution is 2.57. The summed E-state index contributed by atoms with van der Waals surface area (Å²) in [6.45, 7) is 3.76. The van der Waals surface area contributed by atoms with Gasteiger partial charge in [-0.25, -0.2) is 0 Å². The number of carbonyl (C=O) groups excluding carboxylic acids is 1. The lowest BCUT2D eigenvalue weighted by Gasteiger charge is -2.36. The van der Waals surface area contributed by atoms with Crippen molar-refractivity contribution in [3.05, 3.63) is 35.9 Å². The Hall–Kier alpha value is -1.06. The lowest BCUT2D eigenvalue weighted by molar-refractivity contribution is -0.153. The van der Waals surface area contributed by atoms with E-state index in [4.69, 9.17) is 4.74 Å². The zero-order valence-corrected chi connectivity index (χ0v) is 15.1. The molecule has 0 radical (unpaired) electrons. The quantitative estimate of drug-likeness (QED) is 0.757. The highest BCUT2D eigenvalue weighted by Gasteiger charge is 2.57. The fourth-order valence-electron chi connectivity index (χ4n) is 5.19. The number of nitrogens with zero attached hydrogens (tertiary/aromatic N) is 1. The van der Waals surface area contributed by atoms with Crippen LogP contribution in [-0.4, -0.2) is 37.1 Å². The molecule has 1 heterocycles. The first-order valence-electron chi connectivity index (χ1n) is 9.24. The Labute approximate surface area is 151 Å². The highest BCUT2D eigenvalue weighted by atomic mass is 35.5. The van der Waals surface area contributed by atoms with Crippen molar-refractivity contribution in [2.24, 2.45) is 11.8 Å². The van der Waals surface area contributed by atoms with E-state index in [0.717, 1.165) is 26.1 Å². The Bertz CT molecular complexity index is 558. The van der Waals surface area contributed by atoms with E-state index >= 15 is 0 Å². The fraction of sp³-hybridized carbons (Fsp3) is 0.650. The van der Waals surface area contributed by atoms with Crippen LogP contribution in [0.15, 0.2) is 30.3 Å². The average molecular weight is 350 g/mol. The molecule has 1 saturated heterocycles. The molecular weight excluding hydrogens is 322 g/mol. The molecular formula is C20H28ClNO2. The molecule has 2 saturated carbocycles. The van der Waals surface area contributed by atoms with Crippen LogP contribution in [0.25, 0.3) is 0 Å². The molecule has 1 aromatic rings. The molecule has 0 N–H and O–H groups in total. The SMILES string of the molecule is Cl.O=C(OCCN1CCCC1)C1(c2ccccc2)CC2CCC1C2. The lowest BCUT2D eigenvalue weighted by Crippen LogP contribution is -2.43. The van der Waals surface area contributed by atoms with E-state index in [9.17, 15) is 4.79 Å². The number of rotatable bonds is 5. The van der Waals surface area contributed by atoms with E-state index < -0.39 is 0 Å². The van der Waals surface area contributed by atoms with Crippen LogP contribution in [0.4, 0.5) is 0 Å². The third kappa shape index (κ3) is 3.09. The first kappa shape index (κ1) is 17.8. The van der Waals surface area contributed by atoms with E-state index in [0.29, 0.717) is 18.4 Å². The van der Waals surface area contributed by atoms with Crippen molar-refractivity contribution in [2.45, 2.75) is 43.9 Å². The number of likely N-dealkylation sites (tertiary alicyclic amines) is 1. The molecule has 3 nitrogen and oxygen atoms in total. The van der Waals surface area contributed by atoms with Crippen molar-refractivity contribution in [2.75, 3.05) is 26.2 Å². The van der Waals surface area contributed by atoms with E-state index in [-0.39, 0.29) is 23.8 Å². The number of ether oxygens (including phenoxy) is 1. The van der Waals surface area contributed by atoms with E-state index in [1.165, 1.54) is 37.7 Å². The fourth-order valence-corrected chi connectivity index (χ4v) is 5.19. The van der Waals surface area contributed by atoms with Gasteiger partial charge in [-0.2, -0.15) is 0 Å². The van der Waals surface area contributed by atoms with Gasteiger partial charge in [0.05, 0.1) is 5.41 Å². The molecule has 3 unspecified atom stereocenters. The molecule has 0 amide bonds. The summed E-state index contributed by atoms with van der Waals surface area (Å²) in [5, 5.41) is 0. The molecule has 4 heteroatoms. The molecule has 1 aliphatic heterocycles. The third-order valence-corrected chi connectivity index (χ3v) is 6.34. The van der Waals surface area contributed by atoms with Crippen LogP contribution in [0.2, 0.25) is 0 Å². The van der Waals surface area contributed by atoms with Crippen molar-refractivity contribution in [3.63, 3.8) is 0 Å². The molecule has 1 aromatic carbocycles. The monoisotopic (exact) mass is 349 g/mol. The summed E-state index contributed by atoms with van der Waals surface area (Å²) in [5.41, 5.74) is 0.813. The molecule has 3 fully saturated rings. The first-order chi connectivity index (χ1) is 11.3. The van der Waals surface area contributed by atoms with E-state index in [2.05, 4.69) is 29.2 Å². The number of benzene rings is 1. The maximum atomic E-state index is 13.1. The van der Waals surface area contributed by atoms with Gasteiger partial charge in [0, 0.05) is 6.54 Å². The molecule has 3 atom stereocenters. The topological polar surface area (TPSA) is 29.5 Å². The largest absolute Gasteiger partial charge is 0.464 e. The second-order valence-corrected chi connectivity index (χ2v) is 7.60. The van der Waals surface area contributed by atoms with Crippen LogP contribution in [0.5, 0.6) is 0 Å². The minimum Gasteiger partial charge on any atom is -0.464 e. The van der Waals surface area contributed by atoms with Gasteiger partial charge in [0.1, 0.15) is 6.61 Å². The van der Waals surface area contributed by atoms with Crippen LogP contribution < -0.4 is 0 Å². The van der Waals surface area contributed by atoms with Crippen molar-refractivity contribution < 1.29 is 9.53 Å². The van der Waals surface area contributed by atoms with Gasteiger partial charge >= 0.3 is 5.97 Å². The highest BCUT2D eigenvalue weighted by molar-refractivity contribution is 5.85. The molecule has 132 valence electrons. The van der Waals surface area contributed by atoms with Gasteiger partial charge in [-0.05, 0) is 62.6 Å². The summed E-state index contributed by atoms with van der Waals surface area (Å²) in [5.74, 6) is 1.23. The Kier molecular flexibility index (Phi) is 5.51. The standard InChI is InChI=1S/C20H27NO2.ClH/c22-19(23-13-12-21-10-4-5-11-21)20(17-6-2-1-3-7-17)15-16-8-9-18(20)14-16;/h1-3,6-7,16,18H,4-5,8-15H2;1H. The Balaban J connectivity index is 0.00000169. The smallest absolute Gasteiger partial charge is 0.316 e. The second-order valence-electron chi connectivity index (χ2n) is 7.60. The van der Waals surface area contributed by atoms with Gasteiger partial charge in [-0.15, -0.1) is 12.4 Å². The maximum absolute atomic E-state index is 13.1. The maximum Gasteiger partial charge on any atom is 0.316 e. The van der Waals surface area contributed by atoms with Gasteiger partial charge in [0.2, 0.25) is 0 Å². The first-order valence-corrected chi connectivity index (χ1v) is 9.24. The summed E-state index contributed by atoms with van der Waals surface area (Å²) in [6.07, 6.45) is 7.23. The molecule has 0 aromatic heterocycles. The number of fused-ring (bicyclic) bond motifs is 2. The van der Waals surface area contributed by atoms with E-state index in [1.54, 1.807) is 0 Å². The van der Waals surface area contributed by atoms with Gasteiger partial charge in [-0.3, -0.25) is 9.69 Å². The summed E-state index contributed by atoms with van der Waals surface area (Å²) in [6, 6.07) is 10.4. The predicted molar refractivity (Wildman–Crippen MR) is 97.4 cm³/mol. The Morgan fingerprint density at radius 3 is 2.54 bits per heavy atom. The van der Waals surface area contributed by atoms with Crippen molar-refractivity contribution in [1.82, 2.24) is 4.90 Å². The minimum absolute atomic E-state index is 0. The summed E-state index contributed by atoms with van der Waals surface area (Å²) in [4.78, 5) is 15.5. The number of carbonyl (C=O) groups is 1. The normalized spacial score (nSPS) is 31.8. The van der Waals surface area contributed by atoms with Crippen LogP contribution >= 0.6 is 12.4 Å². The average Bonchev–Trinajstić information content (AvgIpc) is 3.32. The van der Waals surface area contributed by atoms with Crippen LogP contribution in [0.3, 0.4) is 0 Å². The van der Waals surface area contributed by atoms with Crippen molar-refractivity contribution in [1.29, 1.82) is 0 Å². The van der Waals surface area contributed by atoms with Crippen molar-refractivity contribution >= 4 is 18.4 Å². The number of hydrogen-bond acceptors (Lipinski definition) is 3. The minimum atomic E-state index is -0.366. The lowest BCUT2D eigenvalue weighted by atomic mass is 9.68. The number of halogens is 1. The molecule has 4 rings (SSSR count). The molecule has 3 aliphatic rings.